The molecule has 100 valence electrons. The van der Waals surface area contributed by atoms with Gasteiger partial charge < -0.3 is 11.1 Å². The molecular formula is C14H15FN2OS. The number of nitrogens with one attached hydrogen (secondary N) is 1. The summed E-state index contributed by atoms with van der Waals surface area (Å²) in [5.74, 6) is -0.759. The maximum Gasteiger partial charge on any atom is 0.251 e. The number of nitrogens with two attached hydrogens (primary N) is 1. The van der Waals surface area contributed by atoms with Gasteiger partial charge in [0.15, 0.2) is 0 Å². The number of amides is 1. The lowest BCUT2D eigenvalue weighted by molar-refractivity contribution is 0.0954. The van der Waals surface area contributed by atoms with Crippen molar-refractivity contribution in [2.75, 3.05) is 12.3 Å². The van der Waals surface area contributed by atoms with Gasteiger partial charge >= 0.3 is 0 Å². The van der Waals surface area contributed by atoms with Crippen molar-refractivity contribution in [2.45, 2.75) is 13.3 Å². The fourth-order valence-electron chi connectivity index (χ4n) is 1.69. The molecule has 0 radical (unpaired) electrons. The van der Waals surface area contributed by atoms with Crippen molar-refractivity contribution in [3.05, 3.63) is 51.5 Å². The van der Waals surface area contributed by atoms with Gasteiger partial charge in [0.1, 0.15) is 5.82 Å². The fraction of sp³-hybridized carbons (Fsp3) is 0.214. The van der Waals surface area contributed by atoms with Crippen LogP contribution in [0.1, 0.15) is 20.8 Å². The third kappa shape index (κ3) is 3.32. The van der Waals surface area contributed by atoms with Gasteiger partial charge in [-0.2, -0.15) is 0 Å². The third-order valence-electron chi connectivity index (χ3n) is 2.88. The van der Waals surface area contributed by atoms with Gasteiger partial charge in [0.2, 0.25) is 0 Å². The van der Waals surface area contributed by atoms with Gasteiger partial charge in [-0.3, -0.25) is 4.79 Å². The molecule has 0 fully saturated rings. The number of hydrogen-bond acceptors (Lipinski definition) is 3. The van der Waals surface area contributed by atoms with Crippen LogP contribution in [-0.2, 0) is 6.42 Å². The first kappa shape index (κ1) is 13.5. The molecule has 5 heteroatoms. The highest BCUT2D eigenvalue weighted by atomic mass is 32.1. The van der Waals surface area contributed by atoms with E-state index in [1.807, 2.05) is 17.5 Å². The number of carbonyl (C=O) groups is 1. The molecule has 0 aliphatic carbocycles. The predicted molar refractivity (Wildman–Crippen MR) is 75.9 cm³/mol. The summed E-state index contributed by atoms with van der Waals surface area (Å²) in [6.07, 6.45) is 0.771. The molecule has 0 saturated carbocycles. The Hall–Kier alpha value is -1.88. The second-order valence-corrected chi connectivity index (χ2v) is 5.29. The van der Waals surface area contributed by atoms with Gasteiger partial charge in [-0.1, -0.05) is 6.07 Å². The molecule has 1 aromatic carbocycles. The monoisotopic (exact) mass is 278 g/mol. The maximum atomic E-state index is 13.5. The Kier molecular flexibility index (Phi) is 4.16. The lowest BCUT2D eigenvalue weighted by Gasteiger charge is -2.07. The summed E-state index contributed by atoms with van der Waals surface area (Å²) in [6, 6.07) is 6.70. The molecule has 19 heavy (non-hydrogen) atoms. The normalized spacial score (nSPS) is 10.4. The first-order valence-corrected chi connectivity index (χ1v) is 6.82. The zero-order chi connectivity index (χ0) is 13.8. The Morgan fingerprint density at radius 3 is 2.89 bits per heavy atom. The summed E-state index contributed by atoms with van der Waals surface area (Å²) >= 11 is 1.65. The summed E-state index contributed by atoms with van der Waals surface area (Å²) in [5.41, 5.74) is 6.57. The molecule has 1 heterocycles. The first-order valence-electron chi connectivity index (χ1n) is 5.94. The van der Waals surface area contributed by atoms with Crippen molar-refractivity contribution in [1.29, 1.82) is 0 Å². The van der Waals surface area contributed by atoms with Crippen LogP contribution in [0, 0.1) is 12.7 Å². The number of nitrogen functional groups attached to an aromatic ring is 1. The van der Waals surface area contributed by atoms with Crippen LogP contribution in [0.2, 0.25) is 0 Å². The summed E-state index contributed by atoms with van der Waals surface area (Å²) in [7, 11) is 0. The van der Waals surface area contributed by atoms with Gasteiger partial charge in [0.05, 0.1) is 0 Å². The minimum absolute atomic E-state index is 0.256. The zero-order valence-electron chi connectivity index (χ0n) is 10.6. The van der Waals surface area contributed by atoms with Gasteiger partial charge in [-0.15, -0.1) is 11.3 Å². The standard InChI is InChI=1S/C14H15FN2OS/c1-9-12(15)7-10(8-13(9)16)14(18)17-5-4-11-3-2-6-19-11/h2-3,6-8H,4-5,16H2,1H3,(H,17,18). The van der Waals surface area contributed by atoms with Crippen molar-refractivity contribution in [1.82, 2.24) is 5.32 Å². The second-order valence-electron chi connectivity index (χ2n) is 4.26. The second kappa shape index (κ2) is 5.84. The van der Waals surface area contributed by atoms with Gasteiger partial charge in [-0.25, -0.2) is 4.39 Å². The molecule has 3 N–H and O–H groups in total. The molecule has 3 nitrogen and oxygen atoms in total. The molecule has 0 aliphatic rings. The molecule has 0 spiro atoms. The highest BCUT2D eigenvalue weighted by Gasteiger charge is 2.10. The van der Waals surface area contributed by atoms with Crippen molar-refractivity contribution in [2.24, 2.45) is 0 Å². The Morgan fingerprint density at radius 2 is 2.26 bits per heavy atom. The molecule has 2 aromatic rings. The summed E-state index contributed by atoms with van der Waals surface area (Å²) in [6.45, 7) is 2.11. The van der Waals surface area contributed by atoms with Crippen LogP contribution >= 0.6 is 11.3 Å². The zero-order valence-corrected chi connectivity index (χ0v) is 11.4. The van der Waals surface area contributed by atoms with E-state index in [2.05, 4.69) is 5.32 Å². The minimum Gasteiger partial charge on any atom is -0.398 e. The average molecular weight is 278 g/mol. The van der Waals surface area contributed by atoms with Crippen LogP contribution in [0.5, 0.6) is 0 Å². The smallest absolute Gasteiger partial charge is 0.251 e. The minimum atomic E-state index is -0.455. The van der Waals surface area contributed by atoms with Crippen molar-refractivity contribution in [3.63, 3.8) is 0 Å². The van der Waals surface area contributed by atoms with Crippen LogP contribution in [0.4, 0.5) is 10.1 Å². The van der Waals surface area contributed by atoms with E-state index in [0.717, 1.165) is 6.42 Å². The van der Waals surface area contributed by atoms with E-state index in [-0.39, 0.29) is 11.5 Å². The number of hydrogen-bond donors (Lipinski definition) is 2. The topological polar surface area (TPSA) is 55.1 Å². The van der Waals surface area contributed by atoms with E-state index >= 15 is 0 Å². The van der Waals surface area contributed by atoms with Crippen LogP contribution in [-0.4, -0.2) is 12.5 Å². The van der Waals surface area contributed by atoms with E-state index in [1.165, 1.54) is 17.0 Å². The van der Waals surface area contributed by atoms with Crippen LogP contribution < -0.4 is 11.1 Å². The van der Waals surface area contributed by atoms with E-state index in [1.54, 1.807) is 18.3 Å². The number of thiophene rings is 1. The Bertz CT molecular complexity index is 558. The highest BCUT2D eigenvalue weighted by Crippen LogP contribution is 2.17. The SMILES string of the molecule is Cc1c(N)cc(C(=O)NCCc2cccs2)cc1F. The molecule has 0 aliphatic heterocycles. The first-order chi connectivity index (χ1) is 9.08. The van der Waals surface area contributed by atoms with Crippen molar-refractivity contribution in [3.8, 4) is 0 Å². The molecule has 1 aromatic heterocycles. The predicted octanol–water partition coefficient (Wildman–Crippen LogP) is 2.75. The largest absolute Gasteiger partial charge is 0.398 e. The van der Waals surface area contributed by atoms with E-state index < -0.39 is 5.82 Å². The Balaban J connectivity index is 1.96. The Labute approximate surface area is 115 Å². The van der Waals surface area contributed by atoms with E-state index in [4.69, 9.17) is 5.73 Å². The number of carbonyl (C=O) groups excluding carboxylic acids is 1. The van der Waals surface area contributed by atoms with Crippen LogP contribution in [0.15, 0.2) is 29.6 Å². The number of anilines is 1. The molecular weight excluding hydrogens is 263 g/mol. The Morgan fingerprint density at radius 1 is 1.47 bits per heavy atom. The summed E-state index contributed by atoms with van der Waals surface area (Å²) < 4.78 is 13.5. The molecule has 1 amide bonds. The van der Waals surface area contributed by atoms with Crippen molar-refractivity contribution < 1.29 is 9.18 Å². The summed E-state index contributed by atoms with van der Waals surface area (Å²) in [5, 5.41) is 4.75. The lowest BCUT2D eigenvalue weighted by Crippen LogP contribution is -2.25. The molecule has 0 unspecified atom stereocenters. The lowest BCUT2D eigenvalue weighted by atomic mass is 10.1. The molecule has 2 rings (SSSR count). The van der Waals surface area contributed by atoms with Crippen LogP contribution in [0.25, 0.3) is 0 Å². The quantitative estimate of drug-likeness (QED) is 0.845. The fourth-order valence-corrected chi connectivity index (χ4v) is 2.40. The number of halogens is 1. The highest BCUT2D eigenvalue weighted by molar-refractivity contribution is 7.09. The average Bonchev–Trinajstić information content (AvgIpc) is 2.88. The van der Waals surface area contributed by atoms with Crippen molar-refractivity contribution >= 4 is 22.9 Å². The van der Waals surface area contributed by atoms with Crippen LogP contribution in [0.3, 0.4) is 0 Å². The third-order valence-corrected chi connectivity index (χ3v) is 3.82. The molecule has 0 bridgehead atoms. The van der Waals surface area contributed by atoms with E-state index in [9.17, 15) is 9.18 Å². The van der Waals surface area contributed by atoms with Gasteiger partial charge in [-0.05, 0) is 36.9 Å². The van der Waals surface area contributed by atoms with Gasteiger partial charge in [0.25, 0.3) is 5.91 Å². The van der Waals surface area contributed by atoms with E-state index in [0.29, 0.717) is 17.8 Å². The number of rotatable bonds is 4. The number of benzene rings is 1. The van der Waals surface area contributed by atoms with Gasteiger partial charge in [0, 0.05) is 28.2 Å². The maximum absolute atomic E-state index is 13.5. The summed E-state index contributed by atoms with van der Waals surface area (Å²) in [4.78, 5) is 13.1. The molecule has 0 atom stereocenters. The molecule has 0 saturated heterocycles.